The molecule has 4 heterocycles. The van der Waals surface area contributed by atoms with E-state index in [-0.39, 0.29) is 26.5 Å². The monoisotopic (exact) mass is 819 g/mol. The van der Waals surface area contributed by atoms with Crippen molar-refractivity contribution in [3.05, 3.63) is 134 Å². The number of pyridine rings is 1. The molecule has 49 heavy (non-hydrogen) atoms. The Kier molecular flexibility index (Phi) is 7.35. The van der Waals surface area contributed by atoms with Crippen molar-refractivity contribution in [2.75, 3.05) is 16.8 Å². The Morgan fingerprint density at radius 2 is 1.37 bits per heavy atom. The van der Waals surface area contributed by atoms with E-state index in [1.54, 1.807) is 0 Å². The van der Waals surface area contributed by atoms with Crippen LogP contribution in [0.4, 0.5) is 17.1 Å². The number of anilines is 3. The maximum atomic E-state index is 6.65. The molecule has 0 atom stereocenters. The number of fused-ring (bicyclic) bond motifs is 7. The van der Waals surface area contributed by atoms with Gasteiger partial charge in [0.15, 0.2) is 0 Å². The minimum atomic E-state index is -0.0980. The van der Waals surface area contributed by atoms with E-state index >= 15 is 0 Å². The number of para-hydroxylation sites is 4. The molecule has 0 N–H and O–H groups in total. The average molecular weight is 820 g/mol. The Hall–Kier alpha value is -5.06. The van der Waals surface area contributed by atoms with Gasteiger partial charge in [-0.15, -0.1) is 47.0 Å². The Morgan fingerprint density at radius 1 is 0.673 bits per heavy atom. The fourth-order valence-electron chi connectivity index (χ4n) is 7.06. The van der Waals surface area contributed by atoms with Crippen molar-refractivity contribution in [3.8, 4) is 17.3 Å². The summed E-state index contributed by atoms with van der Waals surface area (Å²) in [6.45, 7) is 8.77. The van der Waals surface area contributed by atoms with Gasteiger partial charge in [-0.05, 0) is 42.1 Å². The van der Waals surface area contributed by atoms with Gasteiger partial charge < -0.3 is 23.7 Å². The Morgan fingerprint density at radius 3 is 2.14 bits per heavy atom. The second kappa shape index (κ2) is 11.5. The minimum absolute atomic E-state index is 0. The predicted octanol–water partition coefficient (Wildman–Crippen LogP) is 10.2. The third-order valence-electron chi connectivity index (χ3n) is 9.56. The molecule has 3 aromatic heterocycles. The Bertz CT molecular complexity index is 2560. The largest absolute Gasteiger partial charge is 0.509 e. The Balaban J connectivity index is 0.00000348. The topological polar surface area (TPSA) is 38.5 Å². The van der Waals surface area contributed by atoms with Crippen LogP contribution >= 0.6 is 0 Å². The van der Waals surface area contributed by atoms with E-state index < -0.39 is 0 Å². The number of aryl methyl sites for hydroxylation is 1. The van der Waals surface area contributed by atoms with E-state index in [9.17, 15) is 0 Å². The zero-order valence-electron chi connectivity index (χ0n) is 27.9. The quantitative estimate of drug-likeness (QED) is 0.166. The number of benzene rings is 5. The first-order valence-corrected chi connectivity index (χ1v) is 16.3. The average Bonchev–Trinajstić information content (AvgIpc) is 3.71. The number of hydrogen-bond donors (Lipinski definition) is 0. The molecule has 0 aliphatic carbocycles. The zero-order valence-corrected chi connectivity index (χ0v) is 30.2. The van der Waals surface area contributed by atoms with Crippen LogP contribution in [-0.4, -0.2) is 21.2 Å². The van der Waals surface area contributed by atoms with E-state index in [0.29, 0.717) is 11.5 Å². The van der Waals surface area contributed by atoms with Crippen LogP contribution in [0.5, 0.6) is 11.5 Å². The second-order valence-electron chi connectivity index (χ2n) is 13.6. The first-order valence-electron chi connectivity index (χ1n) is 16.3. The van der Waals surface area contributed by atoms with Crippen molar-refractivity contribution in [1.29, 1.82) is 0 Å². The molecule has 7 heteroatoms. The Labute approximate surface area is 300 Å². The summed E-state index contributed by atoms with van der Waals surface area (Å²) in [7, 11) is 4.19. The smallest absolute Gasteiger partial charge is 0.137 e. The van der Waals surface area contributed by atoms with E-state index in [2.05, 4.69) is 170 Å². The fourth-order valence-corrected chi connectivity index (χ4v) is 7.06. The molecule has 5 aromatic carbocycles. The first kappa shape index (κ1) is 31.2. The van der Waals surface area contributed by atoms with Crippen LogP contribution in [0, 0.1) is 18.8 Å². The number of rotatable bonds is 4. The molecule has 0 unspecified atom stereocenters. The number of ether oxygens (including phenoxy) is 1. The summed E-state index contributed by atoms with van der Waals surface area (Å²) in [6.07, 6.45) is 1.99. The van der Waals surface area contributed by atoms with Crippen molar-refractivity contribution >= 4 is 60.7 Å². The molecule has 9 rings (SSSR count). The van der Waals surface area contributed by atoms with Crippen LogP contribution in [-0.2, 0) is 33.5 Å². The molecule has 0 amide bonds. The SMILES string of the molecule is CN1[CH-]N(c2[c-]c(Oc3[c-]c4c(cc3)c3ccccc3n4-c3cc4c(cn3)c3ccccc3n4C)cc(C(C)(C)C)c2)c2ccccc21.[Pt]. The van der Waals surface area contributed by atoms with Crippen molar-refractivity contribution in [2.24, 2.45) is 7.05 Å². The minimum Gasteiger partial charge on any atom is -0.509 e. The van der Waals surface area contributed by atoms with Crippen LogP contribution < -0.4 is 14.5 Å². The molecule has 8 aromatic rings. The van der Waals surface area contributed by atoms with E-state index in [1.807, 2.05) is 12.3 Å². The fraction of sp³-hybridized carbons (Fsp3) is 0.143. The molecule has 1 aliphatic heterocycles. The van der Waals surface area contributed by atoms with Gasteiger partial charge in [-0.3, -0.25) is 0 Å². The molecule has 0 saturated heterocycles. The number of hydrogen-bond acceptors (Lipinski definition) is 4. The summed E-state index contributed by atoms with van der Waals surface area (Å²) in [5, 5.41) is 4.58. The van der Waals surface area contributed by atoms with Crippen molar-refractivity contribution in [1.82, 2.24) is 14.1 Å². The molecular weight excluding hydrogens is 786 g/mol. The summed E-state index contributed by atoms with van der Waals surface area (Å²) < 4.78 is 11.1. The van der Waals surface area contributed by atoms with Crippen LogP contribution in [0.2, 0.25) is 0 Å². The molecular formula is C42H34N5OPt-3. The van der Waals surface area contributed by atoms with Crippen molar-refractivity contribution in [3.63, 3.8) is 0 Å². The summed E-state index contributed by atoms with van der Waals surface area (Å²) in [5.74, 6) is 2.10. The zero-order chi connectivity index (χ0) is 32.7. The van der Waals surface area contributed by atoms with Gasteiger partial charge in [0.1, 0.15) is 5.82 Å². The third-order valence-corrected chi connectivity index (χ3v) is 9.56. The molecule has 0 bridgehead atoms. The summed E-state index contributed by atoms with van der Waals surface area (Å²) in [6, 6.07) is 43.2. The van der Waals surface area contributed by atoms with Gasteiger partial charge >= 0.3 is 0 Å². The molecule has 1 aliphatic rings. The van der Waals surface area contributed by atoms with Crippen LogP contribution in [0.15, 0.2) is 109 Å². The maximum Gasteiger partial charge on any atom is 0.137 e. The standard InChI is InChI=1S/C42H34N5O.Pt/c1-42(2,3)27-20-28(46-26-44(4)37-16-10-11-17-38(37)46)22-30(21-27)48-29-18-19-33-31-12-7-9-15-36(31)47(40(33)23-29)41-24-39-34(25-43-41)32-13-6-8-14-35(32)45(39)5;/h6-21,24-26H,1-5H3;/q-3;. The molecule has 0 spiro atoms. The molecule has 0 saturated carbocycles. The first-order chi connectivity index (χ1) is 23.2. The van der Waals surface area contributed by atoms with Gasteiger partial charge in [-0.2, -0.15) is 12.7 Å². The van der Waals surface area contributed by atoms with E-state index in [4.69, 9.17) is 9.72 Å². The molecule has 6 nitrogen and oxygen atoms in total. The van der Waals surface area contributed by atoms with Crippen LogP contribution in [0.25, 0.3) is 49.4 Å². The van der Waals surface area contributed by atoms with Gasteiger partial charge in [0, 0.05) is 85.1 Å². The van der Waals surface area contributed by atoms with E-state index in [0.717, 1.165) is 61.2 Å². The van der Waals surface area contributed by atoms with Crippen molar-refractivity contribution < 1.29 is 25.8 Å². The third kappa shape index (κ3) is 5.00. The number of aromatic nitrogens is 3. The van der Waals surface area contributed by atoms with Gasteiger partial charge in [0.25, 0.3) is 0 Å². The van der Waals surface area contributed by atoms with Gasteiger partial charge in [-0.1, -0.05) is 74.8 Å². The molecule has 0 fully saturated rings. The second-order valence-corrected chi connectivity index (χ2v) is 13.6. The summed E-state index contributed by atoms with van der Waals surface area (Å²) in [5.41, 5.74) is 8.55. The van der Waals surface area contributed by atoms with Gasteiger partial charge in [0.2, 0.25) is 0 Å². The molecule has 246 valence electrons. The normalized spacial score (nSPS) is 13.1. The van der Waals surface area contributed by atoms with Gasteiger partial charge in [0.05, 0.1) is 5.52 Å². The maximum absolute atomic E-state index is 6.65. The van der Waals surface area contributed by atoms with Crippen LogP contribution in [0.1, 0.15) is 26.3 Å². The predicted molar refractivity (Wildman–Crippen MR) is 197 cm³/mol. The van der Waals surface area contributed by atoms with Gasteiger partial charge in [-0.25, -0.2) is 4.98 Å². The van der Waals surface area contributed by atoms with Crippen molar-refractivity contribution in [2.45, 2.75) is 26.2 Å². The summed E-state index contributed by atoms with van der Waals surface area (Å²) in [4.78, 5) is 9.33. The molecule has 0 radical (unpaired) electrons. The summed E-state index contributed by atoms with van der Waals surface area (Å²) >= 11 is 0. The van der Waals surface area contributed by atoms with Crippen LogP contribution in [0.3, 0.4) is 0 Å². The van der Waals surface area contributed by atoms with E-state index in [1.165, 1.54) is 10.9 Å². The number of nitrogens with zero attached hydrogens (tertiary/aromatic N) is 5.